The molecular formula is C12H15ClFN. The van der Waals surface area contributed by atoms with Crippen LogP contribution in [0, 0.1) is 11.2 Å². The molecule has 0 radical (unpaired) electrons. The molecule has 82 valence electrons. The van der Waals surface area contributed by atoms with E-state index in [0.29, 0.717) is 0 Å². The summed E-state index contributed by atoms with van der Waals surface area (Å²) in [4.78, 5) is 0. The minimum Gasteiger partial charge on any atom is -0.327 e. The number of rotatable bonds is 3. The molecule has 1 aromatic rings. The second-order valence-corrected chi connectivity index (χ2v) is 5.12. The van der Waals surface area contributed by atoms with Gasteiger partial charge >= 0.3 is 0 Å². The summed E-state index contributed by atoms with van der Waals surface area (Å²) < 4.78 is 13.2. The van der Waals surface area contributed by atoms with Gasteiger partial charge in [0.05, 0.1) is 5.02 Å². The molecule has 1 aliphatic carbocycles. The first-order valence-electron chi connectivity index (χ1n) is 5.21. The molecule has 3 heteroatoms. The van der Waals surface area contributed by atoms with E-state index in [2.05, 4.69) is 6.92 Å². The van der Waals surface area contributed by atoms with Gasteiger partial charge in [0.2, 0.25) is 0 Å². The molecular weight excluding hydrogens is 213 g/mol. The summed E-state index contributed by atoms with van der Waals surface area (Å²) in [7, 11) is 0. The van der Waals surface area contributed by atoms with Gasteiger partial charge in [0, 0.05) is 6.04 Å². The van der Waals surface area contributed by atoms with E-state index in [1.165, 1.54) is 18.9 Å². The van der Waals surface area contributed by atoms with Gasteiger partial charge in [0.1, 0.15) is 5.82 Å². The standard InChI is InChI=1S/C12H15ClFN/c1-12(4-5-12)11(15)7-8-2-3-9(13)10(14)6-8/h2-3,6,11H,4-5,7,15H2,1H3. The van der Waals surface area contributed by atoms with Crippen LogP contribution in [0.2, 0.25) is 5.02 Å². The lowest BCUT2D eigenvalue weighted by molar-refractivity contribution is 0.432. The fraction of sp³-hybridized carbons (Fsp3) is 0.500. The molecule has 0 aliphatic heterocycles. The Morgan fingerprint density at radius 1 is 1.53 bits per heavy atom. The summed E-state index contributed by atoms with van der Waals surface area (Å²) in [5, 5.41) is 0.171. The molecule has 1 saturated carbocycles. The Hall–Kier alpha value is -0.600. The van der Waals surface area contributed by atoms with Crippen LogP contribution < -0.4 is 5.73 Å². The van der Waals surface area contributed by atoms with Crippen LogP contribution in [0.5, 0.6) is 0 Å². The lowest BCUT2D eigenvalue weighted by atomic mass is 9.93. The van der Waals surface area contributed by atoms with Crippen molar-refractivity contribution in [3.05, 3.63) is 34.6 Å². The minimum atomic E-state index is -0.359. The fourth-order valence-electron chi connectivity index (χ4n) is 1.73. The van der Waals surface area contributed by atoms with Gasteiger partial charge in [-0.15, -0.1) is 0 Å². The molecule has 0 aromatic heterocycles. The summed E-state index contributed by atoms with van der Waals surface area (Å²) >= 11 is 5.61. The van der Waals surface area contributed by atoms with Gasteiger partial charge in [-0.25, -0.2) is 4.39 Å². The molecule has 0 heterocycles. The summed E-state index contributed by atoms with van der Waals surface area (Å²) in [5.41, 5.74) is 7.28. The number of halogens is 2. The van der Waals surface area contributed by atoms with E-state index >= 15 is 0 Å². The van der Waals surface area contributed by atoms with Crippen molar-refractivity contribution in [3.8, 4) is 0 Å². The van der Waals surface area contributed by atoms with Crippen LogP contribution >= 0.6 is 11.6 Å². The maximum Gasteiger partial charge on any atom is 0.142 e. The molecule has 1 aliphatic rings. The van der Waals surface area contributed by atoms with Crippen molar-refractivity contribution in [1.29, 1.82) is 0 Å². The average Bonchev–Trinajstić information content (AvgIpc) is 2.92. The molecule has 1 nitrogen and oxygen atoms in total. The third-order valence-electron chi connectivity index (χ3n) is 3.37. The highest BCUT2D eigenvalue weighted by Gasteiger charge is 2.42. The Labute approximate surface area is 94.4 Å². The number of hydrogen-bond acceptors (Lipinski definition) is 1. The van der Waals surface area contributed by atoms with Gasteiger partial charge in [-0.05, 0) is 42.4 Å². The Morgan fingerprint density at radius 3 is 2.73 bits per heavy atom. The normalized spacial score (nSPS) is 20.0. The van der Waals surface area contributed by atoms with E-state index < -0.39 is 0 Å². The monoisotopic (exact) mass is 227 g/mol. The first kappa shape index (κ1) is 10.9. The molecule has 15 heavy (non-hydrogen) atoms. The molecule has 0 saturated heterocycles. The SMILES string of the molecule is CC1(C(N)Cc2ccc(Cl)c(F)c2)CC1. The van der Waals surface area contributed by atoms with Crippen molar-refractivity contribution in [2.24, 2.45) is 11.1 Å². The highest BCUT2D eigenvalue weighted by molar-refractivity contribution is 6.30. The Morgan fingerprint density at radius 2 is 2.20 bits per heavy atom. The lowest BCUT2D eigenvalue weighted by Crippen LogP contribution is -2.31. The van der Waals surface area contributed by atoms with Gasteiger partial charge in [-0.3, -0.25) is 0 Å². The summed E-state index contributed by atoms with van der Waals surface area (Å²) in [6.07, 6.45) is 3.10. The Kier molecular flexibility index (Phi) is 2.73. The predicted molar refractivity (Wildman–Crippen MR) is 60.4 cm³/mol. The Balaban J connectivity index is 2.07. The lowest BCUT2D eigenvalue weighted by Gasteiger charge is -2.18. The number of benzene rings is 1. The van der Waals surface area contributed by atoms with E-state index in [1.807, 2.05) is 6.07 Å². The Bertz CT molecular complexity index is 374. The number of nitrogens with two attached hydrogens (primary N) is 1. The molecule has 1 fully saturated rings. The van der Waals surface area contributed by atoms with Crippen LogP contribution in [-0.4, -0.2) is 6.04 Å². The third kappa shape index (κ3) is 2.32. The predicted octanol–water partition coefficient (Wildman–Crippen LogP) is 3.15. The van der Waals surface area contributed by atoms with E-state index in [1.54, 1.807) is 6.07 Å². The molecule has 0 spiro atoms. The molecule has 2 rings (SSSR count). The molecule has 1 unspecified atom stereocenters. The largest absolute Gasteiger partial charge is 0.327 e. The van der Waals surface area contributed by atoms with Crippen molar-refractivity contribution in [2.75, 3.05) is 0 Å². The summed E-state index contributed by atoms with van der Waals surface area (Å²) in [6.45, 7) is 2.18. The van der Waals surface area contributed by atoms with Crippen molar-refractivity contribution < 1.29 is 4.39 Å². The molecule has 0 bridgehead atoms. The minimum absolute atomic E-state index is 0.123. The molecule has 1 atom stereocenters. The zero-order valence-corrected chi connectivity index (χ0v) is 9.52. The van der Waals surface area contributed by atoms with E-state index in [0.717, 1.165) is 12.0 Å². The van der Waals surface area contributed by atoms with Crippen LogP contribution in [0.25, 0.3) is 0 Å². The van der Waals surface area contributed by atoms with Crippen molar-refractivity contribution in [2.45, 2.75) is 32.2 Å². The van der Waals surface area contributed by atoms with Crippen LogP contribution in [0.4, 0.5) is 4.39 Å². The van der Waals surface area contributed by atoms with E-state index in [-0.39, 0.29) is 22.3 Å². The molecule has 2 N–H and O–H groups in total. The smallest absolute Gasteiger partial charge is 0.142 e. The van der Waals surface area contributed by atoms with Crippen LogP contribution in [0.1, 0.15) is 25.3 Å². The molecule has 1 aromatic carbocycles. The highest BCUT2D eigenvalue weighted by atomic mass is 35.5. The quantitative estimate of drug-likeness (QED) is 0.844. The summed E-state index contributed by atoms with van der Waals surface area (Å²) in [6, 6.07) is 5.04. The van der Waals surface area contributed by atoms with Gasteiger partial charge in [-0.2, -0.15) is 0 Å². The highest BCUT2D eigenvalue weighted by Crippen LogP contribution is 2.48. The van der Waals surface area contributed by atoms with E-state index in [9.17, 15) is 4.39 Å². The van der Waals surface area contributed by atoms with Crippen molar-refractivity contribution in [1.82, 2.24) is 0 Å². The van der Waals surface area contributed by atoms with Gasteiger partial charge in [0.25, 0.3) is 0 Å². The zero-order valence-electron chi connectivity index (χ0n) is 8.76. The maximum absolute atomic E-state index is 13.2. The molecule has 0 amide bonds. The average molecular weight is 228 g/mol. The summed E-state index contributed by atoms with van der Waals surface area (Å²) in [5.74, 6) is -0.359. The van der Waals surface area contributed by atoms with Gasteiger partial charge < -0.3 is 5.73 Å². The first-order chi connectivity index (χ1) is 7.01. The second kappa shape index (κ2) is 3.76. The van der Waals surface area contributed by atoms with E-state index in [4.69, 9.17) is 17.3 Å². The second-order valence-electron chi connectivity index (χ2n) is 4.71. The maximum atomic E-state index is 13.2. The third-order valence-corrected chi connectivity index (χ3v) is 3.68. The van der Waals surface area contributed by atoms with Crippen LogP contribution in [0.15, 0.2) is 18.2 Å². The first-order valence-corrected chi connectivity index (χ1v) is 5.58. The van der Waals surface area contributed by atoms with Gasteiger partial charge in [-0.1, -0.05) is 24.6 Å². The van der Waals surface area contributed by atoms with Crippen LogP contribution in [-0.2, 0) is 6.42 Å². The fourth-order valence-corrected chi connectivity index (χ4v) is 1.85. The topological polar surface area (TPSA) is 26.0 Å². The number of hydrogen-bond donors (Lipinski definition) is 1. The zero-order chi connectivity index (χ0) is 11.1. The van der Waals surface area contributed by atoms with Crippen LogP contribution in [0.3, 0.4) is 0 Å². The van der Waals surface area contributed by atoms with Crippen molar-refractivity contribution in [3.63, 3.8) is 0 Å². The van der Waals surface area contributed by atoms with Crippen molar-refractivity contribution >= 4 is 11.6 Å². The van der Waals surface area contributed by atoms with Gasteiger partial charge in [0.15, 0.2) is 0 Å².